The van der Waals surface area contributed by atoms with Gasteiger partial charge in [-0.15, -0.1) is 0 Å². The second-order valence-electron chi connectivity index (χ2n) is 18.3. The van der Waals surface area contributed by atoms with Gasteiger partial charge in [-0.1, -0.05) is 243 Å². The molecule has 1 amide bonds. The average molecular weight is 858 g/mol. The molecule has 3 atom stereocenters. The van der Waals surface area contributed by atoms with Crippen LogP contribution in [0.4, 0.5) is 0 Å². The van der Waals surface area contributed by atoms with E-state index >= 15 is 0 Å². The van der Waals surface area contributed by atoms with E-state index in [1.807, 2.05) is 0 Å². The summed E-state index contributed by atoms with van der Waals surface area (Å²) in [6, 6.07) is -0.710. The molecule has 358 valence electrons. The van der Waals surface area contributed by atoms with Gasteiger partial charge < -0.3 is 20.3 Å². The van der Waals surface area contributed by atoms with E-state index in [-0.39, 0.29) is 24.9 Å². The maximum Gasteiger partial charge on any atom is 0.306 e. The summed E-state index contributed by atoms with van der Waals surface area (Å²) in [5, 5.41) is 23.7. The Bertz CT molecular complexity index is 1010. The van der Waals surface area contributed by atoms with Gasteiger partial charge in [0, 0.05) is 6.42 Å². The molecule has 6 nitrogen and oxygen atoms in total. The zero-order valence-electron chi connectivity index (χ0n) is 40.8. The molecule has 0 aliphatic carbocycles. The summed E-state index contributed by atoms with van der Waals surface area (Å²) in [6.45, 7) is 6.37. The molecule has 0 heterocycles. The molecule has 0 spiro atoms. The number of carbonyl (C=O) groups excluding carboxylic acids is 2. The smallest absolute Gasteiger partial charge is 0.306 e. The number of nitrogens with one attached hydrogen (secondary N) is 1. The fourth-order valence-electron chi connectivity index (χ4n) is 8.21. The quantitative estimate of drug-likeness (QED) is 0.0322. The number of hydrogen-bond acceptors (Lipinski definition) is 5. The highest BCUT2D eigenvalue weighted by molar-refractivity contribution is 5.77. The first-order chi connectivity index (χ1) is 30.0. The van der Waals surface area contributed by atoms with E-state index in [1.54, 1.807) is 0 Å². The number of aliphatic hydroxyl groups excluding tert-OH is 2. The number of unbranched alkanes of at least 4 members (excludes halogenated alkanes) is 30. The van der Waals surface area contributed by atoms with Crippen LogP contribution >= 0.6 is 0 Å². The van der Waals surface area contributed by atoms with Crippen LogP contribution in [0.3, 0.4) is 0 Å². The first-order valence-corrected chi connectivity index (χ1v) is 26.7. The van der Waals surface area contributed by atoms with Crippen molar-refractivity contribution in [2.45, 2.75) is 296 Å². The van der Waals surface area contributed by atoms with Crippen molar-refractivity contribution in [2.75, 3.05) is 6.61 Å². The highest BCUT2D eigenvalue weighted by atomic mass is 16.5. The summed E-state index contributed by atoms with van der Waals surface area (Å²) in [7, 11) is 0. The fraction of sp³-hybridized carbons (Fsp3) is 0.855. The number of rotatable bonds is 48. The van der Waals surface area contributed by atoms with Gasteiger partial charge in [0.15, 0.2) is 0 Å². The Morgan fingerprint density at radius 1 is 0.492 bits per heavy atom. The Morgan fingerprint density at radius 2 is 0.885 bits per heavy atom. The number of allylic oxidation sites excluding steroid dienone is 6. The van der Waals surface area contributed by atoms with Crippen LogP contribution in [0.2, 0.25) is 0 Å². The lowest BCUT2D eigenvalue weighted by Crippen LogP contribution is -2.46. The van der Waals surface area contributed by atoms with Crippen molar-refractivity contribution in [2.24, 2.45) is 0 Å². The number of ether oxygens (including phenoxy) is 1. The van der Waals surface area contributed by atoms with Crippen LogP contribution in [-0.4, -0.2) is 46.9 Å². The van der Waals surface area contributed by atoms with Crippen LogP contribution in [-0.2, 0) is 14.3 Å². The summed E-state index contributed by atoms with van der Waals surface area (Å²) in [5.41, 5.74) is 0. The largest absolute Gasteiger partial charge is 0.462 e. The zero-order chi connectivity index (χ0) is 44.5. The summed E-state index contributed by atoms with van der Waals surface area (Å²) in [4.78, 5) is 26.1. The van der Waals surface area contributed by atoms with Crippen molar-refractivity contribution >= 4 is 11.9 Å². The normalized spacial score (nSPS) is 13.5. The highest BCUT2D eigenvalue weighted by Gasteiger charge is 2.24. The molecular formula is C55H103NO5. The Hall–Kier alpha value is -1.92. The lowest BCUT2D eigenvalue weighted by atomic mass is 10.0. The number of carbonyl (C=O) groups is 2. The molecule has 0 aromatic heterocycles. The van der Waals surface area contributed by atoms with Gasteiger partial charge in [0.05, 0.1) is 25.2 Å². The molecule has 0 fully saturated rings. The minimum absolute atomic E-state index is 0.0554. The van der Waals surface area contributed by atoms with E-state index in [2.05, 4.69) is 62.5 Å². The molecular weight excluding hydrogens is 755 g/mol. The van der Waals surface area contributed by atoms with Crippen LogP contribution in [0.15, 0.2) is 36.5 Å². The first kappa shape index (κ1) is 59.1. The fourth-order valence-corrected chi connectivity index (χ4v) is 8.21. The monoisotopic (exact) mass is 858 g/mol. The predicted octanol–water partition coefficient (Wildman–Crippen LogP) is 16.1. The van der Waals surface area contributed by atoms with Crippen LogP contribution in [0, 0.1) is 0 Å². The number of esters is 1. The molecule has 0 aromatic rings. The number of hydrogen-bond donors (Lipinski definition) is 3. The molecule has 6 heteroatoms. The topological polar surface area (TPSA) is 95.9 Å². The maximum atomic E-state index is 13.2. The van der Waals surface area contributed by atoms with E-state index in [4.69, 9.17) is 4.74 Å². The van der Waals surface area contributed by atoms with Gasteiger partial charge >= 0.3 is 5.97 Å². The summed E-state index contributed by atoms with van der Waals surface area (Å²) < 4.78 is 5.92. The van der Waals surface area contributed by atoms with Gasteiger partial charge in [-0.05, 0) is 57.8 Å². The van der Waals surface area contributed by atoms with Crippen molar-refractivity contribution < 1.29 is 24.5 Å². The van der Waals surface area contributed by atoms with Gasteiger partial charge in [-0.25, -0.2) is 0 Å². The highest BCUT2D eigenvalue weighted by Crippen LogP contribution is 2.18. The molecule has 0 bridgehead atoms. The summed E-state index contributed by atoms with van der Waals surface area (Å²) >= 11 is 0. The SMILES string of the molecule is CC/C=C/C/C=C/C/C=C/CCCCC(CC(=O)NC(CO)C(O)CCCCCCCCCCCCCC)OC(=O)CCCCCCCCCCCCCCCCCCCC. The summed E-state index contributed by atoms with van der Waals surface area (Å²) in [6.07, 6.45) is 57.9. The molecule has 0 saturated carbocycles. The molecule has 0 aliphatic rings. The van der Waals surface area contributed by atoms with Crippen molar-refractivity contribution in [3.05, 3.63) is 36.5 Å². The third kappa shape index (κ3) is 44.5. The molecule has 3 unspecified atom stereocenters. The molecule has 0 aliphatic heterocycles. The predicted molar refractivity (Wildman–Crippen MR) is 264 cm³/mol. The molecule has 0 rings (SSSR count). The van der Waals surface area contributed by atoms with Gasteiger partial charge in [0.25, 0.3) is 0 Å². The van der Waals surface area contributed by atoms with Crippen LogP contribution in [0.5, 0.6) is 0 Å². The summed E-state index contributed by atoms with van der Waals surface area (Å²) in [5.74, 6) is -0.500. The van der Waals surface area contributed by atoms with Crippen molar-refractivity contribution in [3.8, 4) is 0 Å². The minimum Gasteiger partial charge on any atom is -0.462 e. The van der Waals surface area contributed by atoms with Crippen LogP contribution in [0.1, 0.15) is 278 Å². The van der Waals surface area contributed by atoms with Crippen LogP contribution in [0.25, 0.3) is 0 Å². The Balaban J connectivity index is 4.52. The van der Waals surface area contributed by atoms with Crippen molar-refractivity contribution in [1.82, 2.24) is 5.32 Å². The van der Waals surface area contributed by atoms with Gasteiger partial charge in [-0.2, -0.15) is 0 Å². The Labute approximate surface area is 379 Å². The van der Waals surface area contributed by atoms with E-state index in [0.717, 1.165) is 77.0 Å². The molecule has 0 radical (unpaired) electrons. The van der Waals surface area contributed by atoms with Crippen molar-refractivity contribution in [3.63, 3.8) is 0 Å². The van der Waals surface area contributed by atoms with E-state index < -0.39 is 18.2 Å². The number of aliphatic hydroxyl groups is 2. The zero-order valence-corrected chi connectivity index (χ0v) is 40.8. The molecule has 0 saturated heterocycles. The molecule has 0 aromatic carbocycles. The second-order valence-corrected chi connectivity index (χ2v) is 18.3. The number of amides is 1. The Morgan fingerprint density at radius 3 is 1.33 bits per heavy atom. The minimum atomic E-state index is -0.794. The van der Waals surface area contributed by atoms with Crippen molar-refractivity contribution in [1.29, 1.82) is 0 Å². The van der Waals surface area contributed by atoms with Crippen LogP contribution < -0.4 is 5.32 Å². The third-order valence-corrected chi connectivity index (χ3v) is 12.2. The average Bonchev–Trinajstić information content (AvgIpc) is 3.25. The maximum absolute atomic E-state index is 13.2. The van der Waals surface area contributed by atoms with Gasteiger partial charge in [0.1, 0.15) is 6.10 Å². The molecule has 61 heavy (non-hydrogen) atoms. The lowest BCUT2D eigenvalue weighted by molar-refractivity contribution is -0.151. The lowest BCUT2D eigenvalue weighted by Gasteiger charge is -2.24. The van der Waals surface area contributed by atoms with E-state index in [9.17, 15) is 19.8 Å². The Kier molecular flexibility index (Phi) is 47.6. The molecule has 3 N–H and O–H groups in total. The van der Waals surface area contributed by atoms with E-state index in [1.165, 1.54) is 154 Å². The second kappa shape index (κ2) is 49.1. The standard InChI is InChI=1S/C55H103NO5/c1-4-7-10-13-16-19-22-25-26-27-28-29-30-33-36-39-42-45-48-55(60)61-51(46-43-40-37-34-31-23-20-17-14-11-8-5-2)49-54(59)56-52(50-57)53(58)47-44-41-38-35-32-24-21-18-15-12-9-6-3/h8,11,17,20,31,34,51-53,57-58H,4-7,9-10,12-16,18-19,21-30,32-33,35-50H2,1-3H3,(H,56,59)/b11-8+,20-17+,34-31+. The first-order valence-electron chi connectivity index (χ1n) is 26.7. The van der Waals surface area contributed by atoms with Gasteiger partial charge in [0.2, 0.25) is 5.91 Å². The van der Waals surface area contributed by atoms with E-state index in [0.29, 0.717) is 19.3 Å². The van der Waals surface area contributed by atoms with Gasteiger partial charge in [-0.3, -0.25) is 9.59 Å². The third-order valence-electron chi connectivity index (χ3n) is 12.2.